The van der Waals surface area contributed by atoms with Gasteiger partial charge in [0.15, 0.2) is 0 Å². The van der Waals surface area contributed by atoms with Crippen LogP contribution in [-0.4, -0.2) is 26.5 Å². The van der Waals surface area contributed by atoms with Crippen molar-refractivity contribution >= 4 is 11.3 Å². The summed E-state index contributed by atoms with van der Waals surface area (Å²) in [6, 6.07) is 0.152. The number of aromatic nitrogens is 4. The maximum absolute atomic E-state index is 4.17. The van der Waals surface area contributed by atoms with E-state index in [2.05, 4.69) is 34.5 Å². The van der Waals surface area contributed by atoms with Crippen LogP contribution in [0, 0.1) is 0 Å². The van der Waals surface area contributed by atoms with E-state index in [9.17, 15) is 0 Å². The second kappa shape index (κ2) is 6.61. The molecule has 1 N–H and O–H groups in total. The van der Waals surface area contributed by atoms with Gasteiger partial charge in [0.1, 0.15) is 0 Å². The molecule has 2 rings (SSSR count). The fourth-order valence-corrected chi connectivity index (χ4v) is 2.59. The molecule has 1 atom stereocenters. The summed E-state index contributed by atoms with van der Waals surface area (Å²) in [5.41, 5.74) is 2.98. The molecule has 0 radical (unpaired) electrons. The standard InChI is InChI=1S/C12H19N5S/c1-3-5-14-12(11-8-13-9-18-11)10-7-15-16-17(10)6-4-2/h7-9,12,14H,3-6H2,1-2H3. The van der Waals surface area contributed by atoms with Gasteiger partial charge >= 0.3 is 0 Å². The molecule has 1 unspecified atom stereocenters. The van der Waals surface area contributed by atoms with E-state index in [1.807, 2.05) is 22.6 Å². The van der Waals surface area contributed by atoms with Gasteiger partial charge in [0, 0.05) is 17.6 Å². The average Bonchev–Trinajstić information content (AvgIpc) is 3.02. The minimum atomic E-state index is 0.152. The van der Waals surface area contributed by atoms with Crippen molar-refractivity contribution in [3.63, 3.8) is 0 Å². The first kappa shape index (κ1) is 13.2. The van der Waals surface area contributed by atoms with E-state index < -0.39 is 0 Å². The Morgan fingerprint density at radius 3 is 2.89 bits per heavy atom. The summed E-state index contributed by atoms with van der Waals surface area (Å²) in [7, 11) is 0. The van der Waals surface area contributed by atoms with E-state index in [1.54, 1.807) is 11.3 Å². The minimum absolute atomic E-state index is 0.152. The van der Waals surface area contributed by atoms with Crippen molar-refractivity contribution in [3.8, 4) is 0 Å². The van der Waals surface area contributed by atoms with Crippen LogP contribution < -0.4 is 5.32 Å². The Kier molecular flexibility index (Phi) is 4.83. The first-order valence-corrected chi connectivity index (χ1v) is 7.25. The highest BCUT2D eigenvalue weighted by Crippen LogP contribution is 2.24. The molecule has 0 saturated heterocycles. The third kappa shape index (κ3) is 2.94. The van der Waals surface area contributed by atoms with Crippen LogP contribution in [0.5, 0.6) is 0 Å². The summed E-state index contributed by atoms with van der Waals surface area (Å²) >= 11 is 1.66. The molecule has 18 heavy (non-hydrogen) atoms. The SMILES string of the molecule is CCCNC(c1cncs1)c1cnnn1CCC. The minimum Gasteiger partial charge on any atom is -0.304 e. The van der Waals surface area contributed by atoms with Crippen molar-refractivity contribution in [1.29, 1.82) is 0 Å². The zero-order chi connectivity index (χ0) is 12.8. The van der Waals surface area contributed by atoms with Gasteiger partial charge < -0.3 is 5.32 Å². The zero-order valence-electron chi connectivity index (χ0n) is 10.8. The maximum atomic E-state index is 4.17. The van der Waals surface area contributed by atoms with Crippen LogP contribution in [0.15, 0.2) is 17.9 Å². The van der Waals surface area contributed by atoms with Crippen LogP contribution in [-0.2, 0) is 6.54 Å². The summed E-state index contributed by atoms with van der Waals surface area (Å²) < 4.78 is 1.98. The number of hydrogen-bond donors (Lipinski definition) is 1. The van der Waals surface area contributed by atoms with Crippen LogP contribution >= 0.6 is 11.3 Å². The third-order valence-electron chi connectivity index (χ3n) is 2.71. The molecular weight excluding hydrogens is 246 g/mol. The van der Waals surface area contributed by atoms with Crippen LogP contribution in [0.1, 0.15) is 43.3 Å². The Bertz CT molecular complexity index is 451. The van der Waals surface area contributed by atoms with Crippen LogP contribution in [0.3, 0.4) is 0 Å². The van der Waals surface area contributed by atoms with E-state index in [0.29, 0.717) is 0 Å². The molecule has 6 heteroatoms. The topological polar surface area (TPSA) is 55.6 Å². The van der Waals surface area contributed by atoms with Crippen molar-refractivity contribution in [1.82, 2.24) is 25.3 Å². The summed E-state index contributed by atoms with van der Waals surface area (Å²) in [4.78, 5) is 5.38. The number of aryl methyl sites for hydroxylation is 1. The maximum Gasteiger partial charge on any atom is 0.0874 e. The Morgan fingerprint density at radius 2 is 2.22 bits per heavy atom. The number of nitrogens with one attached hydrogen (secondary N) is 1. The lowest BCUT2D eigenvalue weighted by Crippen LogP contribution is -2.25. The van der Waals surface area contributed by atoms with Crippen molar-refractivity contribution in [2.24, 2.45) is 0 Å². The van der Waals surface area contributed by atoms with Crippen molar-refractivity contribution in [3.05, 3.63) is 28.5 Å². The molecule has 0 aliphatic heterocycles. The Hall–Kier alpha value is -1.27. The molecule has 2 aromatic heterocycles. The Balaban J connectivity index is 2.24. The molecule has 0 fully saturated rings. The molecule has 2 heterocycles. The van der Waals surface area contributed by atoms with Crippen molar-refractivity contribution < 1.29 is 0 Å². The molecule has 0 aliphatic rings. The average molecular weight is 265 g/mol. The largest absolute Gasteiger partial charge is 0.304 e. The monoisotopic (exact) mass is 265 g/mol. The first-order valence-electron chi connectivity index (χ1n) is 6.37. The number of thiazole rings is 1. The van der Waals surface area contributed by atoms with E-state index >= 15 is 0 Å². The Labute approximate surface area is 111 Å². The molecule has 0 spiro atoms. The van der Waals surface area contributed by atoms with Gasteiger partial charge in [-0.15, -0.1) is 16.4 Å². The molecular formula is C12H19N5S. The highest BCUT2D eigenvalue weighted by molar-refractivity contribution is 7.09. The lowest BCUT2D eigenvalue weighted by molar-refractivity contribution is 0.507. The molecule has 0 saturated carbocycles. The fourth-order valence-electron chi connectivity index (χ4n) is 1.88. The first-order chi connectivity index (χ1) is 8.86. The van der Waals surface area contributed by atoms with E-state index in [-0.39, 0.29) is 6.04 Å². The lowest BCUT2D eigenvalue weighted by Gasteiger charge is -2.17. The molecule has 0 aliphatic carbocycles. The number of rotatable bonds is 7. The normalized spacial score (nSPS) is 12.8. The van der Waals surface area contributed by atoms with Crippen LogP contribution in [0.2, 0.25) is 0 Å². The van der Waals surface area contributed by atoms with Gasteiger partial charge in [-0.2, -0.15) is 0 Å². The second-order valence-electron chi connectivity index (χ2n) is 4.17. The van der Waals surface area contributed by atoms with E-state index in [1.165, 1.54) is 4.88 Å². The van der Waals surface area contributed by atoms with Crippen LogP contribution in [0.25, 0.3) is 0 Å². The highest BCUT2D eigenvalue weighted by atomic mass is 32.1. The molecule has 2 aromatic rings. The summed E-state index contributed by atoms with van der Waals surface area (Å²) in [5.74, 6) is 0. The van der Waals surface area contributed by atoms with Crippen molar-refractivity contribution in [2.45, 2.75) is 39.3 Å². The van der Waals surface area contributed by atoms with Gasteiger partial charge in [-0.25, -0.2) is 4.68 Å². The van der Waals surface area contributed by atoms with E-state index in [4.69, 9.17) is 0 Å². The summed E-state index contributed by atoms with van der Waals surface area (Å²) in [6.45, 7) is 6.18. The quantitative estimate of drug-likeness (QED) is 0.834. The third-order valence-corrected chi connectivity index (χ3v) is 3.55. The summed E-state index contributed by atoms with van der Waals surface area (Å²) in [5, 5.41) is 11.7. The fraction of sp³-hybridized carbons (Fsp3) is 0.583. The van der Waals surface area contributed by atoms with Gasteiger partial charge in [-0.1, -0.05) is 19.1 Å². The van der Waals surface area contributed by atoms with Crippen LogP contribution in [0.4, 0.5) is 0 Å². The smallest absolute Gasteiger partial charge is 0.0874 e. The molecule has 0 bridgehead atoms. The van der Waals surface area contributed by atoms with Gasteiger partial charge in [0.2, 0.25) is 0 Å². The molecule has 98 valence electrons. The van der Waals surface area contributed by atoms with Gasteiger partial charge in [0.05, 0.1) is 23.4 Å². The lowest BCUT2D eigenvalue weighted by atomic mass is 10.2. The molecule has 5 nitrogen and oxygen atoms in total. The van der Waals surface area contributed by atoms with Gasteiger partial charge in [-0.05, 0) is 19.4 Å². The number of hydrogen-bond acceptors (Lipinski definition) is 5. The molecule has 0 aromatic carbocycles. The zero-order valence-corrected chi connectivity index (χ0v) is 11.7. The second-order valence-corrected chi connectivity index (χ2v) is 5.09. The highest BCUT2D eigenvalue weighted by Gasteiger charge is 2.19. The van der Waals surface area contributed by atoms with E-state index in [0.717, 1.165) is 31.6 Å². The van der Waals surface area contributed by atoms with Gasteiger partial charge in [0.25, 0.3) is 0 Å². The molecule has 0 amide bonds. The predicted molar refractivity (Wildman–Crippen MR) is 72.6 cm³/mol. The Morgan fingerprint density at radius 1 is 1.33 bits per heavy atom. The predicted octanol–water partition coefficient (Wildman–Crippen LogP) is 2.23. The number of nitrogens with zero attached hydrogens (tertiary/aromatic N) is 4. The summed E-state index contributed by atoms with van der Waals surface area (Å²) in [6.07, 6.45) is 5.92. The van der Waals surface area contributed by atoms with Crippen molar-refractivity contribution in [2.75, 3.05) is 6.54 Å². The van der Waals surface area contributed by atoms with Gasteiger partial charge in [-0.3, -0.25) is 4.98 Å².